The Balaban J connectivity index is 1.40. The van der Waals surface area contributed by atoms with Gasteiger partial charge < -0.3 is 14.6 Å². The van der Waals surface area contributed by atoms with E-state index >= 15 is 0 Å². The number of furan rings is 1. The standard InChI is InChI=1S/C17H18N4O2S2/c1-10-3-4-13(23-10)16-18-11(9-24-16)7-15(22)20-17-19-12-5-6-21(2)8-14(12)25-17/h3-4,9H,5-8H2,1-2H3,(H,19,20,22). The summed E-state index contributed by atoms with van der Waals surface area (Å²) in [5, 5.41) is 6.28. The number of amides is 1. The predicted molar refractivity (Wildman–Crippen MR) is 99.0 cm³/mol. The zero-order valence-corrected chi connectivity index (χ0v) is 15.7. The van der Waals surface area contributed by atoms with Gasteiger partial charge in [-0.3, -0.25) is 4.79 Å². The van der Waals surface area contributed by atoms with Crippen molar-refractivity contribution in [3.63, 3.8) is 0 Å². The van der Waals surface area contributed by atoms with Gasteiger partial charge in [-0.2, -0.15) is 0 Å². The summed E-state index contributed by atoms with van der Waals surface area (Å²) < 4.78 is 5.57. The van der Waals surface area contributed by atoms with Crippen molar-refractivity contribution in [1.82, 2.24) is 14.9 Å². The first-order valence-corrected chi connectivity index (χ1v) is 9.74. The van der Waals surface area contributed by atoms with Gasteiger partial charge in [0.15, 0.2) is 15.9 Å². The average Bonchev–Trinajstić information content (AvgIpc) is 3.26. The molecule has 1 aliphatic heterocycles. The number of fused-ring (bicyclic) bond motifs is 1. The first kappa shape index (κ1) is 16.4. The van der Waals surface area contributed by atoms with E-state index in [-0.39, 0.29) is 12.3 Å². The van der Waals surface area contributed by atoms with Crippen LogP contribution in [0.3, 0.4) is 0 Å². The number of carbonyl (C=O) groups is 1. The minimum atomic E-state index is -0.0908. The fraction of sp³-hybridized carbons (Fsp3) is 0.353. The summed E-state index contributed by atoms with van der Waals surface area (Å²) in [5.41, 5.74) is 1.86. The quantitative estimate of drug-likeness (QED) is 0.758. The molecule has 6 nitrogen and oxygen atoms in total. The normalized spacial score (nSPS) is 14.5. The second kappa shape index (κ2) is 6.70. The highest BCUT2D eigenvalue weighted by atomic mass is 32.1. The lowest BCUT2D eigenvalue weighted by Gasteiger charge is -2.20. The number of nitrogens with one attached hydrogen (secondary N) is 1. The number of aromatic nitrogens is 2. The van der Waals surface area contributed by atoms with Gasteiger partial charge in [-0.15, -0.1) is 22.7 Å². The lowest BCUT2D eigenvalue weighted by atomic mass is 10.2. The van der Waals surface area contributed by atoms with Crippen LogP contribution in [-0.4, -0.2) is 34.4 Å². The molecule has 0 radical (unpaired) electrons. The van der Waals surface area contributed by atoms with E-state index < -0.39 is 0 Å². The smallest absolute Gasteiger partial charge is 0.232 e. The monoisotopic (exact) mass is 374 g/mol. The van der Waals surface area contributed by atoms with Crippen LogP contribution in [0.4, 0.5) is 5.13 Å². The Hall–Kier alpha value is -2.03. The molecule has 4 heterocycles. The van der Waals surface area contributed by atoms with Gasteiger partial charge in [0.05, 0.1) is 17.8 Å². The van der Waals surface area contributed by atoms with E-state index in [0.29, 0.717) is 5.13 Å². The van der Waals surface area contributed by atoms with Gasteiger partial charge in [0, 0.05) is 29.8 Å². The Morgan fingerprint density at radius 2 is 2.28 bits per heavy atom. The minimum absolute atomic E-state index is 0.0908. The van der Waals surface area contributed by atoms with Crippen molar-refractivity contribution in [3.05, 3.63) is 39.5 Å². The van der Waals surface area contributed by atoms with Crippen molar-refractivity contribution in [2.24, 2.45) is 0 Å². The first-order chi connectivity index (χ1) is 12.1. The molecular weight excluding hydrogens is 356 g/mol. The Bertz CT molecular complexity index is 912. The average molecular weight is 374 g/mol. The summed E-state index contributed by atoms with van der Waals surface area (Å²) in [5.74, 6) is 1.50. The number of carbonyl (C=O) groups excluding carboxylic acids is 1. The lowest BCUT2D eigenvalue weighted by Crippen LogP contribution is -2.25. The maximum absolute atomic E-state index is 12.3. The van der Waals surface area contributed by atoms with Crippen LogP contribution >= 0.6 is 22.7 Å². The van der Waals surface area contributed by atoms with Gasteiger partial charge in [0.2, 0.25) is 5.91 Å². The molecule has 4 rings (SSSR count). The summed E-state index contributed by atoms with van der Waals surface area (Å²) >= 11 is 3.05. The van der Waals surface area contributed by atoms with Gasteiger partial charge in [-0.1, -0.05) is 0 Å². The number of hydrogen-bond donors (Lipinski definition) is 1. The summed E-state index contributed by atoms with van der Waals surface area (Å²) in [7, 11) is 2.10. The van der Waals surface area contributed by atoms with Crippen LogP contribution in [0, 0.1) is 6.92 Å². The molecule has 1 aliphatic rings. The molecule has 3 aromatic rings. The Morgan fingerprint density at radius 1 is 1.40 bits per heavy atom. The molecule has 0 aromatic carbocycles. The number of likely N-dealkylation sites (N-methyl/N-ethyl adjacent to an activating group) is 1. The van der Waals surface area contributed by atoms with Crippen LogP contribution < -0.4 is 5.32 Å². The molecule has 25 heavy (non-hydrogen) atoms. The summed E-state index contributed by atoms with van der Waals surface area (Å²) in [6.07, 6.45) is 1.18. The van der Waals surface area contributed by atoms with E-state index in [2.05, 4.69) is 27.2 Å². The first-order valence-electron chi connectivity index (χ1n) is 8.05. The molecule has 0 aliphatic carbocycles. The molecule has 130 valence electrons. The van der Waals surface area contributed by atoms with E-state index in [0.717, 1.165) is 47.4 Å². The van der Waals surface area contributed by atoms with Crippen LogP contribution in [0.15, 0.2) is 21.9 Å². The Kier molecular flexibility index (Phi) is 4.41. The number of thiazole rings is 2. The highest BCUT2D eigenvalue weighted by molar-refractivity contribution is 7.15. The van der Waals surface area contributed by atoms with E-state index in [1.165, 1.54) is 16.2 Å². The topological polar surface area (TPSA) is 71.3 Å². The van der Waals surface area contributed by atoms with Gasteiger partial charge in [-0.05, 0) is 26.1 Å². The van der Waals surface area contributed by atoms with Gasteiger partial charge in [0.25, 0.3) is 0 Å². The summed E-state index contributed by atoms with van der Waals surface area (Å²) in [6.45, 7) is 3.82. The van der Waals surface area contributed by atoms with Crippen molar-refractivity contribution < 1.29 is 9.21 Å². The fourth-order valence-electron chi connectivity index (χ4n) is 2.76. The van der Waals surface area contributed by atoms with Crippen LogP contribution in [0.5, 0.6) is 0 Å². The summed E-state index contributed by atoms with van der Waals surface area (Å²) in [6, 6.07) is 3.81. The lowest BCUT2D eigenvalue weighted by molar-refractivity contribution is -0.115. The second-order valence-corrected chi connectivity index (χ2v) is 8.10. The zero-order chi connectivity index (χ0) is 17.4. The molecule has 0 bridgehead atoms. The molecule has 0 fully saturated rings. The third-order valence-corrected chi connectivity index (χ3v) is 5.92. The predicted octanol–water partition coefficient (Wildman–Crippen LogP) is 3.34. The molecule has 0 spiro atoms. The highest BCUT2D eigenvalue weighted by Crippen LogP contribution is 2.28. The molecule has 8 heteroatoms. The molecular formula is C17H18N4O2S2. The van der Waals surface area contributed by atoms with Crippen LogP contribution in [-0.2, 0) is 24.2 Å². The molecule has 0 atom stereocenters. The van der Waals surface area contributed by atoms with Crippen molar-refractivity contribution in [2.45, 2.75) is 26.3 Å². The number of aryl methyl sites for hydroxylation is 1. The molecule has 0 unspecified atom stereocenters. The maximum Gasteiger partial charge on any atom is 0.232 e. The third kappa shape index (κ3) is 3.65. The van der Waals surface area contributed by atoms with Crippen molar-refractivity contribution in [3.8, 4) is 10.8 Å². The highest BCUT2D eigenvalue weighted by Gasteiger charge is 2.19. The summed E-state index contributed by atoms with van der Waals surface area (Å²) in [4.78, 5) is 24.8. The van der Waals surface area contributed by atoms with Gasteiger partial charge in [0.1, 0.15) is 5.76 Å². The Morgan fingerprint density at radius 3 is 3.08 bits per heavy atom. The number of rotatable bonds is 4. The zero-order valence-electron chi connectivity index (χ0n) is 14.0. The molecule has 0 saturated heterocycles. The second-order valence-electron chi connectivity index (χ2n) is 6.16. The van der Waals surface area contributed by atoms with Crippen molar-refractivity contribution in [2.75, 3.05) is 18.9 Å². The van der Waals surface area contributed by atoms with Crippen molar-refractivity contribution in [1.29, 1.82) is 0 Å². The van der Waals surface area contributed by atoms with E-state index in [9.17, 15) is 4.79 Å². The number of nitrogens with zero attached hydrogens (tertiary/aromatic N) is 3. The van der Waals surface area contributed by atoms with Crippen LogP contribution in [0.25, 0.3) is 10.8 Å². The third-order valence-electron chi connectivity index (χ3n) is 4.01. The fourth-order valence-corrected chi connectivity index (χ4v) is 4.64. The molecule has 1 N–H and O–H groups in total. The Labute approximate surface area is 153 Å². The van der Waals surface area contributed by atoms with Crippen LogP contribution in [0.2, 0.25) is 0 Å². The van der Waals surface area contributed by atoms with E-state index in [4.69, 9.17) is 4.42 Å². The molecule has 1 amide bonds. The largest absolute Gasteiger partial charge is 0.459 e. The SMILES string of the molecule is Cc1ccc(-c2nc(CC(=O)Nc3nc4c(s3)CN(C)CC4)cs2)o1. The maximum atomic E-state index is 12.3. The number of anilines is 1. The molecule has 0 saturated carbocycles. The molecule has 3 aromatic heterocycles. The van der Waals surface area contributed by atoms with E-state index in [1.807, 2.05) is 24.4 Å². The van der Waals surface area contributed by atoms with E-state index in [1.54, 1.807) is 11.3 Å². The van der Waals surface area contributed by atoms with Crippen LogP contribution in [0.1, 0.15) is 22.0 Å². The van der Waals surface area contributed by atoms with Crippen molar-refractivity contribution >= 4 is 33.7 Å². The van der Waals surface area contributed by atoms with Gasteiger partial charge >= 0.3 is 0 Å². The minimum Gasteiger partial charge on any atom is -0.459 e. The number of hydrogen-bond acceptors (Lipinski definition) is 7. The van der Waals surface area contributed by atoms with Gasteiger partial charge in [-0.25, -0.2) is 9.97 Å².